The van der Waals surface area contributed by atoms with E-state index >= 15 is 0 Å². The van der Waals surface area contributed by atoms with Crippen LogP contribution in [0.5, 0.6) is 0 Å². The van der Waals surface area contributed by atoms with Crippen LogP contribution in [-0.2, 0) is 14.3 Å². The number of ether oxygens (including phenoxy) is 2. The maximum absolute atomic E-state index is 9.90. The third kappa shape index (κ3) is 11.8. The van der Waals surface area contributed by atoms with Crippen molar-refractivity contribution in [3.8, 4) is 0 Å². The average Bonchev–Trinajstić information content (AvgIpc) is 1.93. The molecular formula is C13H27NO4. The predicted octanol–water partition coefficient (Wildman–Crippen LogP) is 1.66. The van der Waals surface area contributed by atoms with Gasteiger partial charge in [0.05, 0.1) is 17.3 Å². The molecule has 1 aliphatic heterocycles. The van der Waals surface area contributed by atoms with Crippen LogP contribution in [0.4, 0.5) is 0 Å². The van der Waals surface area contributed by atoms with Crippen molar-refractivity contribution < 1.29 is 19.4 Å². The molecule has 1 rings (SSSR count). The molecule has 0 spiro atoms. The minimum Gasteiger partial charge on any atom is -0.480 e. The first-order valence-electron chi connectivity index (χ1n) is 6.24. The maximum Gasteiger partial charge on any atom is 0.329 e. The van der Waals surface area contributed by atoms with Crippen LogP contribution < -0.4 is 5.32 Å². The fourth-order valence-electron chi connectivity index (χ4n) is 1.49. The van der Waals surface area contributed by atoms with Gasteiger partial charge in [-0.3, -0.25) is 0 Å². The zero-order valence-electron chi connectivity index (χ0n) is 12.4. The van der Waals surface area contributed by atoms with Crippen molar-refractivity contribution in [2.75, 3.05) is 19.7 Å². The normalized spacial score (nSPS) is 16.6. The zero-order chi connectivity index (χ0) is 14.4. The highest BCUT2D eigenvalue weighted by molar-refractivity contribution is 5.68. The van der Waals surface area contributed by atoms with Crippen LogP contribution in [0.15, 0.2) is 0 Å². The molecule has 0 saturated carbocycles. The first-order valence-corrected chi connectivity index (χ1v) is 6.24. The predicted molar refractivity (Wildman–Crippen MR) is 70.8 cm³/mol. The summed E-state index contributed by atoms with van der Waals surface area (Å²) in [5.74, 6) is -0.901. The second kappa shape index (κ2) is 7.07. The van der Waals surface area contributed by atoms with Gasteiger partial charge in [-0.15, -0.1) is 0 Å². The average molecular weight is 261 g/mol. The molecule has 2 N–H and O–H groups in total. The van der Waals surface area contributed by atoms with E-state index < -0.39 is 5.97 Å². The molecule has 0 amide bonds. The SMILES string of the molecule is CC(C)(C)OC(C)(C)C.O=C(O)COC1CNC1. The largest absolute Gasteiger partial charge is 0.480 e. The number of carbonyl (C=O) groups is 1. The van der Waals surface area contributed by atoms with Gasteiger partial charge >= 0.3 is 5.97 Å². The van der Waals surface area contributed by atoms with Gasteiger partial charge < -0.3 is 19.9 Å². The van der Waals surface area contributed by atoms with Crippen molar-refractivity contribution in [3.05, 3.63) is 0 Å². The summed E-state index contributed by atoms with van der Waals surface area (Å²) in [5.41, 5.74) is -0.0312. The molecule has 0 aromatic rings. The lowest BCUT2D eigenvalue weighted by atomic mass is 10.1. The van der Waals surface area contributed by atoms with Crippen LogP contribution >= 0.6 is 0 Å². The molecule has 0 unspecified atom stereocenters. The molecule has 5 nitrogen and oxygen atoms in total. The standard InChI is InChI=1S/C8H18O.C5H9NO3/c1-7(2,3)9-8(4,5)6;7-5(8)3-9-4-1-6-2-4/h1-6H3;4,6H,1-3H2,(H,7,8). The quantitative estimate of drug-likeness (QED) is 0.808. The maximum atomic E-state index is 9.90. The number of carboxylic acids is 1. The summed E-state index contributed by atoms with van der Waals surface area (Å²) in [6.45, 7) is 13.8. The number of rotatable bonds is 3. The Morgan fingerprint density at radius 3 is 1.78 bits per heavy atom. The Hall–Kier alpha value is -0.650. The third-order valence-electron chi connectivity index (χ3n) is 1.80. The number of nitrogens with one attached hydrogen (secondary N) is 1. The zero-order valence-corrected chi connectivity index (χ0v) is 12.4. The van der Waals surface area contributed by atoms with Crippen LogP contribution in [0.2, 0.25) is 0 Å². The number of carboxylic acid groups (broad SMARTS) is 1. The molecule has 1 aliphatic rings. The summed E-state index contributed by atoms with van der Waals surface area (Å²) in [6, 6.07) is 0. The number of hydrogen-bond acceptors (Lipinski definition) is 4. The monoisotopic (exact) mass is 261 g/mol. The summed E-state index contributed by atoms with van der Waals surface area (Å²) in [4.78, 5) is 9.90. The van der Waals surface area contributed by atoms with Crippen LogP contribution in [0, 0.1) is 0 Å². The van der Waals surface area contributed by atoms with Crippen molar-refractivity contribution in [2.45, 2.75) is 58.8 Å². The Morgan fingerprint density at radius 2 is 1.61 bits per heavy atom. The van der Waals surface area contributed by atoms with Gasteiger partial charge in [0.2, 0.25) is 0 Å². The first kappa shape index (κ1) is 17.4. The van der Waals surface area contributed by atoms with Gasteiger partial charge in [0.25, 0.3) is 0 Å². The van der Waals surface area contributed by atoms with Gasteiger partial charge in [-0.2, -0.15) is 0 Å². The van der Waals surface area contributed by atoms with Crippen molar-refractivity contribution in [3.63, 3.8) is 0 Å². The second-order valence-electron chi connectivity index (χ2n) is 6.31. The number of hydrogen-bond donors (Lipinski definition) is 2. The molecule has 0 aromatic heterocycles. The Bertz CT molecular complexity index is 237. The van der Waals surface area contributed by atoms with E-state index in [4.69, 9.17) is 14.6 Å². The van der Waals surface area contributed by atoms with E-state index in [-0.39, 0.29) is 23.9 Å². The fourth-order valence-corrected chi connectivity index (χ4v) is 1.49. The molecular weight excluding hydrogens is 234 g/mol. The van der Waals surface area contributed by atoms with Crippen LogP contribution in [-0.4, -0.2) is 48.1 Å². The summed E-state index contributed by atoms with van der Waals surface area (Å²) in [5, 5.41) is 11.1. The van der Waals surface area contributed by atoms with Crippen molar-refractivity contribution >= 4 is 5.97 Å². The fraction of sp³-hybridized carbons (Fsp3) is 0.923. The molecule has 5 heteroatoms. The van der Waals surface area contributed by atoms with Gasteiger partial charge in [0.1, 0.15) is 6.61 Å². The van der Waals surface area contributed by atoms with Crippen LogP contribution in [0.25, 0.3) is 0 Å². The van der Waals surface area contributed by atoms with E-state index in [1.807, 2.05) is 0 Å². The summed E-state index contributed by atoms with van der Waals surface area (Å²) < 4.78 is 10.5. The lowest BCUT2D eigenvalue weighted by Gasteiger charge is -2.30. The van der Waals surface area contributed by atoms with Gasteiger partial charge in [0, 0.05) is 13.1 Å². The Balaban J connectivity index is 0.000000321. The number of aliphatic carboxylic acids is 1. The minimum absolute atomic E-state index is 0.0156. The highest BCUT2D eigenvalue weighted by Crippen LogP contribution is 2.17. The van der Waals surface area contributed by atoms with Crippen molar-refractivity contribution in [2.24, 2.45) is 0 Å². The third-order valence-corrected chi connectivity index (χ3v) is 1.80. The minimum atomic E-state index is -0.901. The van der Waals surface area contributed by atoms with Crippen LogP contribution in [0.3, 0.4) is 0 Å². The van der Waals surface area contributed by atoms with E-state index in [0.29, 0.717) is 0 Å². The van der Waals surface area contributed by atoms with Crippen molar-refractivity contribution in [1.82, 2.24) is 5.32 Å². The highest BCUT2D eigenvalue weighted by Gasteiger charge is 2.20. The van der Waals surface area contributed by atoms with E-state index in [2.05, 4.69) is 46.9 Å². The van der Waals surface area contributed by atoms with E-state index in [1.54, 1.807) is 0 Å². The summed E-state index contributed by atoms with van der Waals surface area (Å²) in [6.07, 6.45) is 0.126. The lowest BCUT2D eigenvalue weighted by Crippen LogP contribution is -2.49. The first-order chi connectivity index (χ1) is 7.99. The molecule has 1 fully saturated rings. The summed E-state index contributed by atoms with van der Waals surface area (Å²) in [7, 11) is 0. The van der Waals surface area contributed by atoms with E-state index in [0.717, 1.165) is 13.1 Å². The van der Waals surface area contributed by atoms with E-state index in [1.165, 1.54) is 0 Å². The van der Waals surface area contributed by atoms with Crippen molar-refractivity contribution in [1.29, 1.82) is 0 Å². The molecule has 0 aromatic carbocycles. The van der Waals surface area contributed by atoms with Gasteiger partial charge in [-0.1, -0.05) is 0 Å². The topological polar surface area (TPSA) is 67.8 Å². The summed E-state index contributed by atoms with van der Waals surface area (Å²) >= 11 is 0. The molecule has 0 aliphatic carbocycles. The van der Waals surface area contributed by atoms with Gasteiger partial charge in [0.15, 0.2) is 0 Å². The lowest BCUT2D eigenvalue weighted by molar-refractivity contribution is -0.145. The molecule has 1 saturated heterocycles. The molecule has 1 heterocycles. The van der Waals surface area contributed by atoms with E-state index in [9.17, 15) is 4.79 Å². The molecule has 0 radical (unpaired) electrons. The Morgan fingerprint density at radius 1 is 1.17 bits per heavy atom. The van der Waals surface area contributed by atoms with Gasteiger partial charge in [-0.05, 0) is 41.5 Å². The molecule has 18 heavy (non-hydrogen) atoms. The van der Waals surface area contributed by atoms with Crippen LogP contribution in [0.1, 0.15) is 41.5 Å². The second-order valence-corrected chi connectivity index (χ2v) is 6.31. The Kier molecular flexibility index (Phi) is 6.81. The molecule has 0 atom stereocenters. The highest BCUT2D eigenvalue weighted by atomic mass is 16.5. The van der Waals surface area contributed by atoms with Gasteiger partial charge in [-0.25, -0.2) is 4.79 Å². The molecule has 108 valence electrons. The smallest absolute Gasteiger partial charge is 0.329 e. The molecule has 0 bridgehead atoms. The Labute approximate surface area is 110 Å².